The molecule has 0 unspecified atom stereocenters. The van der Waals surface area contributed by atoms with Gasteiger partial charge >= 0.3 is 0 Å². The number of aromatic nitrogens is 5. The summed E-state index contributed by atoms with van der Waals surface area (Å²) in [5, 5.41) is 16.5. The molecule has 1 aliphatic heterocycles. The molecule has 2 aromatic heterocycles. The van der Waals surface area contributed by atoms with E-state index in [0.717, 1.165) is 22.2 Å². The highest BCUT2D eigenvalue weighted by molar-refractivity contribution is 7.98. The van der Waals surface area contributed by atoms with E-state index in [2.05, 4.69) is 15.7 Å². The molecule has 5 rings (SSSR count). The van der Waals surface area contributed by atoms with Gasteiger partial charge in [-0.05, 0) is 36.8 Å². The summed E-state index contributed by atoms with van der Waals surface area (Å²) in [6.07, 6.45) is 5.03. The van der Waals surface area contributed by atoms with Crippen LogP contribution in [0, 0.1) is 5.92 Å². The van der Waals surface area contributed by atoms with Crippen molar-refractivity contribution in [3.63, 3.8) is 0 Å². The molecule has 2 N–H and O–H groups in total. The molecule has 44 heavy (non-hydrogen) atoms. The third-order valence-electron chi connectivity index (χ3n) is 7.76. The van der Waals surface area contributed by atoms with Crippen molar-refractivity contribution in [3.8, 4) is 11.4 Å². The Bertz CT molecular complexity index is 1550. The van der Waals surface area contributed by atoms with Crippen LogP contribution in [0.4, 0.5) is 0 Å². The number of hydrogen-bond donors (Lipinski definition) is 2. The number of carbonyl (C=O) groups is 3. The highest BCUT2D eigenvalue weighted by Gasteiger charge is 2.30. The normalized spacial score (nSPS) is 18.5. The SMILES string of the molecule is CSCC[C@@H]1NC(=O)CCCN(C(=O)Cn2cc3ccccc3n2)CCn2nc(-c3ccccc3)nc2[C@@H](C(C)C)NC1=O. The first kappa shape index (κ1) is 31.2. The van der Waals surface area contributed by atoms with Gasteiger partial charge in [0.15, 0.2) is 11.6 Å². The van der Waals surface area contributed by atoms with Gasteiger partial charge in [0.1, 0.15) is 12.6 Å². The van der Waals surface area contributed by atoms with E-state index in [-0.39, 0.29) is 36.6 Å². The van der Waals surface area contributed by atoms with E-state index in [9.17, 15) is 14.4 Å². The van der Waals surface area contributed by atoms with Crippen molar-refractivity contribution in [2.24, 2.45) is 5.92 Å². The topological polar surface area (TPSA) is 127 Å². The lowest BCUT2D eigenvalue weighted by Crippen LogP contribution is -2.49. The number of amides is 3. The maximum atomic E-state index is 13.7. The summed E-state index contributed by atoms with van der Waals surface area (Å²) >= 11 is 1.63. The number of rotatable bonds is 7. The molecular formula is C32H40N8O3S. The van der Waals surface area contributed by atoms with Gasteiger partial charge in [-0.25, -0.2) is 9.67 Å². The van der Waals surface area contributed by atoms with E-state index in [1.54, 1.807) is 21.3 Å². The monoisotopic (exact) mass is 616 g/mol. The lowest BCUT2D eigenvalue weighted by molar-refractivity contribution is -0.133. The predicted molar refractivity (Wildman–Crippen MR) is 172 cm³/mol. The molecular weight excluding hydrogens is 576 g/mol. The molecule has 1 aliphatic rings. The average molecular weight is 617 g/mol. The molecule has 3 heterocycles. The van der Waals surface area contributed by atoms with Crippen LogP contribution in [-0.2, 0) is 27.5 Å². The zero-order valence-corrected chi connectivity index (χ0v) is 26.3. The summed E-state index contributed by atoms with van der Waals surface area (Å²) in [6, 6.07) is 16.3. The van der Waals surface area contributed by atoms with E-state index in [1.165, 1.54) is 0 Å². The number of hydrogen-bond acceptors (Lipinski definition) is 7. The maximum absolute atomic E-state index is 13.7. The second kappa shape index (κ2) is 14.5. The van der Waals surface area contributed by atoms with Crippen LogP contribution in [0.3, 0.4) is 0 Å². The van der Waals surface area contributed by atoms with Crippen LogP contribution in [0.15, 0.2) is 60.8 Å². The number of nitrogens with zero attached hydrogens (tertiary/aromatic N) is 6. The van der Waals surface area contributed by atoms with Crippen molar-refractivity contribution in [2.75, 3.05) is 25.1 Å². The highest BCUT2D eigenvalue weighted by atomic mass is 32.2. The molecule has 232 valence electrons. The summed E-state index contributed by atoms with van der Waals surface area (Å²) in [7, 11) is 0. The van der Waals surface area contributed by atoms with Gasteiger partial charge in [-0.3, -0.25) is 19.1 Å². The van der Waals surface area contributed by atoms with Crippen LogP contribution in [0.2, 0.25) is 0 Å². The number of thioether (sulfide) groups is 1. The molecule has 2 atom stereocenters. The van der Waals surface area contributed by atoms with Crippen LogP contribution in [-0.4, -0.2) is 78.3 Å². The van der Waals surface area contributed by atoms with E-state index >= 15 is 0 Å². The zero-order chi connectivity index (χ0) is 31.1. The van der Waals surface area contributed by atoms with Gasteiger partial charge in [-0.1, -0.05) is 62.4 Å². The first-order valence-electron chi connectivity index (χ1n) is 15.1. The van der Waals surface area contributed by atoms with Gasteiger partial charge in [0.05, 0.1) is 18.1 Å². The van der Waals surface area contributed by atoms with Crippen molar-refractivity contribution in [1.29, 1.82) is 0 Å². The van der Waals surface area contributed by atoms with Crippen molar-refractivity contribution < 1.29 is 14.4 Å². The Labute approximate surface area is 261 Å². The minimum Gasteiger partial charge on any atom is -0.344 e. The van der Waals surface area contributed by atoms with Gasteiger partial charge in [0.25, 0.3) is 0 Å². The zero-order valence-electron chi connectivity index (χ0n) is 25.5. The fourth-order valence-corrected chi connectivity index (χ4v) is 5.83. The Balaban J connectivity index is 1.47. The number of fused-ring (bicyclic) bond motifs is 2. The predicted octanol–water partition coefficient (Wildman–Crippen LogP) is 3.67. The summed E-state index contributed by atoms with van der Waals surface area (Å²) in [4.78, 5) is 46.9. The summed E-state index contributed by atoms with van der Waals surface area (Å²) < 4.78 is 3.48. The van der Waals surface area contributed by atoms with Crippen molar-refractivity contribution in [3.05, 3.63) is 66.6 Å². The van der Waals surface area contributed by atoms with Gasteiger partial charge in [-0.2, -0.15) is 22.0 Å². The Morgan fingerprint density at radius 1 is 1.00 bits per heavy atom. The quantitative estimate of drug-likeness (QED) is 0.325. The molecule has 4 aromatic rings. The lowest BCUT2D eigenvalue weighted by Gasteiger charge is -2.28. The minimum atomic E-state index is -0.671. The lowest BCUT2D eigenvalue weighted by atomic mass is 10.0. The number of nitrogens with one attached hydrogen (secondary N) is 2. The van der Waals surface area contributed by atoms with Crippen LogP contribution >= 0.6 is 11.8 Å². The van der Waals surface area contributed by atoms with Crippen LogP contribution < -0.4 is 10.6 Å². The Kier molecular flexibility index (Phi) is 10.3. The molecule has 0 radical (unpaired) electrons. The third-order valence-corrected chi connectivity index (χ3v) is 8.41. The van der Waals surface area contributed by atoms with Crippen LogP contribution in [0.1, 0.15) is 45.0 Å². The summed E-state index contributed by atoms with van der Waals surface area (Å²) in [6.45, 7) is 5.26. The van der Waals surface area contributed by atoms with E-state index < -0.39 is 12.1 Å². The molecule has 0 aliphatic carbocycles. The van der Waals surface area contributed by atoms with E-state index in [1.807, 2.05) is 85.6 Å². The van der Waals surface area contributed by atoms with Gasteiger partial charge < -0.3 is 15.5 Å². The first-order valence-corrected chi connectivity index (χ1v) is 16.5. The molecule has 0 bridgehead atoms. The molecule has 0 saturated carbocycles. The van der Waals surface area contributed by atoms with Crippen LogP contribution in [0.25, 0.3) is 22.3 Å². The number of benzene rings is 2. The largest absolute Gasteiger partial charge is 0.344 e. The molecule has 2 aromatic carbocycles. The smallest absolute Gasteiger partial charge is 0.244 e. The number of carbonyl (C=O) groups excluding carboxylic acids is 3. The Morgan fingerprint density at radius 2 is 1.77 bits per heavy atom. The first-order chi connectivity index (χ1) is 21.3. The second-order valence-electron chi connectivity index (χ2n) is 11.4. The minimum absolute atomic E-state index is 0.0120. The Hall–Kier alpha value is -4.19. The van der Waals surface area contributed by atoms with Gasteiger partial charge in [0, 0.05) is 36.7 Å². The van der Waals surface area contributed by atoms with Crippen molar-refractivity contribution in [1.82, 2.24) is 40.1 Å². The summed E-state index contributed by atoms with van der Waals surface area (Å²) in [5.74, 6) is 1.35. The van der Waals surface area contributed by atoms with E-state index in [0.29, 0.717) is 44.1 Å². The third kappa shape index (κ3) is 7.65. The van der Waals surface area contributed by atoms with Crippen molar-refractivity contribution in [2.45, 2.75) is 58.3 Å². The summed E-state index contributed by atoms with van der Waals surface area (Å²) in [5.41, 5.74) is 1.69. The molecule has 0 fully saturated rings. The highest BCUT2D eigenvalue weighted by Crippen LogP contribution is 2.25. The fourth-order valence-electron chi connectivity index (χ4n) is 5.35. The second-order valence-corrected chi connectivity index (χ2v) is 12.4. The average Bonchev–Trinajstić information content (AvgIpc) is 3.63. The van der Waals surface area contributed by atoms with Crippen LogP contribution in [0.5, 0.6) is 0 Å². The van der Waals surface area contributed by atoms with Crippen molar-refractivity contribution >= 4 is 40.4 Å². The molecule has 0 saturated heterocycles. The fraction of sp³-hybridized carbons (Fsp3) is 0.438. The molecule has 12 heteroatoms. The molecule has 0 spiro atoms. The van der Waals surface area contributed by atoms with Gasteiger partial charge in [0.2, 0.25) is 17.7 Å². The Morgan fingerprint density at radius 3 is 2.52 bits per heavy atom. The molecule has 3 amide bonds. The molecule has 11 nitrogen and oxygen atoms in total. The maximum Gasteiger partial charge on any atom is 0.244 e. The van der Waals surface area contributed by atoms with E-state index in [4.69, 9.17) is 10.1 Å². The van der Waals surface area contributed by atoms with Gasteiger partial charge in [-0.15, -0.1) is 0 Å². The standard InChI is InChI=1S/C32H40N8O3S/c1-22(2)29-31-35-30(23-10-5-4-6-11-23)37-40(31)18-17-38(28(42)21-39-20-24-12-7-8-13-25(24)36-39)16-9-14-27(41)33-26(15-19-44-3)32(43)34-29/h4-8,10-13,20,22,26,29H,9,14-19,21H2,1-3H3,(H,33,41)(H,34,43)/t26-,29+/m0/s1.